The lowest BCUT2D eigenvalue weighted by Crippen LogP contribution is -2.19. The molecule has 0 radical (unpaired) electrons. The molecular weight excluding hydrogens is 449 g/mol. The standard InChI is InChI=1S/C24H21Cl2N3OS/c25-15-6-7-18(19(26)12-15)24-28-20-13-22(30-16-4-2-1-3-5-16)23(14-21(20)29-24)31-17-8-10-27-11-9-17/h6-14,16H,1-5H2,(H,28,29). The largest absolute Gasteiger partial charge is 0.489 e. The van der Waals surface area contributed by atoms with Gasteiger partial charge in [0.05, 0.1) is 27.1 Å². The summed E-state index contributed by atoms with van der Waals surface area (Å²) in [5.74, 6) is 1.60. The summed E-state index contributed by atoms with van der Waals surface area (Å²) in [7, 11) is 0. The maximum absolute atomic E-state index is 6.49. The van der Waals surface area contributed by atoms with Gasteiger partial charge in [-0.2, -0.15) is 0 Å². The predicted molar refractivity (Wildman–Crippen MR) is 127 cm³/mol. The lowest BCUT2D eigenvalue weighted by Gasteiger charge is -2.24. The van der Waals surface area contributed by atoms with Crippen LogP contribution in [0.1, 0.15) is 32.1 Å². The summed E-state index contributed by atoms with van der Waals surface area (Å²) in [5, 5.41) is 1.17. The second-order valence-electron chi connectivity index (χ2n) is 7.69. The van der Waals surface area contributed by atoms with Gasteiger partial charge in [-0.3, -0.25) is 4.98 Å². The molecular formula is C24H21Cl2N3OS. The third-order valence-electron chi connectivity index (χ3n) is 5.46. The van der Waals surface area contributed by atoms with Gasteiger partial charge in [-0.05, 0) is 62.1 Å². The molecule has 1 aliphatic carbocycles. The second kappa shape index (κ2) is 9.11. The van der Waals surface area contributed by atoms with E-state index in [2.05, 4.69) is 22.1 Å². The van der Waals surface area contributed by atoms with Crippen molar-refractivity contribution in [1.29, 1.82) is 0 Å². The molecule has 0 unspecified atom stereocenters. The highest BCUT2D eigenvalue weighted by Crippen LogP contribution is 2.40. The Morgan fingerprint density at radius 1 is 0.968 bits per heavy atom. The third kappa shape index (κ3) is 4.69. The van der Waals surface area contributed by atoms with Gasteiger partial charge in [-0.25, -0.2) is 4.98 Å². The number of imidazole rings is 1. The number of nitrogens with zero attached hydrogens (tertiary/aromatic N) is 2. The Hall–Kier alpha value is -2.21. The fourth-order valence-corrected chi connectivity index (χ4v) is 5.28. The van der Waals surface area contributed by atoms with E-state index in [1.807, 2.05) is 24.3 Å². The molecule has 4 nitrogen and oxygen atoms in total. The molecule has 0 spiro atoms. The number of H-pyrrole nitrogens is 1. The first-order chi connectivity index (χ1) is 15.2. The maximum atomic E-state index is 6.49. The van der Waals surface area contributed by atoms with E-state index in [4.69, 9.17) is 32.9 Å². The Morgan fingerprint density at radius 2 is 1.77 bits per heavy atom. The molecule has 1 N–H and O–H groups in total. The molecule has 2 aromatic heterocycles. The number of benzene rings is 2. The molecule has 31 heavy (non-hydrogen) atoms. The minimum Gasteiger partial charge on any atom is -0.489 e. The number of aromatic amines is 1. The van der Waals surface area contributed by atoms with Crippen LogP contribution in [0, 0.1) is 0 Å². The number of nitrogens with one attached hydrogen (secondary N) is 1. The molecule has 0 saturated heterocycles. The summed E-state index contributed by atoms with van der Waals surface area (Å²) < 4.78 is 6.49. The summed E-state index contributed by atoms with van der Waals surface area (Å²) in [5.41, 5.74) is 2.61. The zero-order valence-electron chi connectivity index (χ0n) is 16.8. The van der Waals surface area contributed by atoms with Crippen molar-refractivity contribution in [2.75, 3.05) is 0 Å². The number of aromatic nitrogens is 3. The molecule has 1 aliphatic rings. The molecule has 0 amide bonds. The Bertz CT molecular complexity index is 1210. The molecule has 1 saturated carbocycles. The van der Waals surface area contributed by atoms with Crippen LogP contribution in [0.4, 0.5) is 0 Å². The topological polar surface area (TPSA) is 50.8 Å². The average molecular weight is 470 g/mol. The summed E-state index contributed by atoms with van der Waals surface area (Å²) >= 11 is 14.1. The maximum Gasteiger partial charge on any atom is 0.140 e. The molecule has 0 bridgehead atoms. The number of ether oxygens (including phenoxy) is 1. The Kier molecular flexibility index (Phi) is 6.08. The molecule has 7 heteroatoms. The van der Waals surface area contributed by atoms with Crippen LogP contribution in [0.3, 0.4) is 0 Å². The normalized spacial score (nSPS) is 14.8. The highest BCUT2D eigenvalue weighted by atomic mass is 35.5. The van der Waals surface area contributed by atoms with Crippen molar-refractivity contribution in [1.82, 2.24) is 15.0 Å². The van der Waals surface area contributed by atoms with Crippen LogP contribution >= 0.6 is 35.0 Å². The van der Waals surface area contributed by atoms with E-state index in [0.717, 1.165) is 45.0 Å². The van der Waals surface area contributed by atoms with Crippen LogP contribution in [-0.2, 0) is 0 Å². The summed E-state index contributed by atoms with van der Waals surface area (Å²) in [6, 6.07) is 13.6. The molecule has 4 aromatic rings. The number of rotatable bonds is 5. The number of halogens is 2. The van der Waals surface area contributed by atoms with Crippen molar-refractivity contribution >= 4 is 46.0 Å². The summed E-state index contributed by atoms with van der Waals surface area (Å²) in [4.78, 5) is 14.5. The van der Waals surface area contributed by atoms with E-state index in [0.29, 0.717) is 15.9 Å². The van der Waals surface area contributed by atoms with Crippen molar-refractivity contribution < 1.29 is 4.74 Å². The van der Waals surface area contributed by atoms with Crippen LogP contribution in [-0.4, -0.2) is 21.1 Å². The van der Waals surface area contributed by atoms with E-state index >= 15 is 0 Å². The van der Waals surface area contributed by atoms with Crippen LogP contribution in [0.5, 0.6) is 5.75 Å². The SMILES string of the molecule is Clc1ccc(-c2nc3cc(Sc4ccncc4)c(OC4CCCCC4)cc3[nH]2)c(Cl)c1. The minimum absolute atomic E-state index is 0.260. The van der Waals surface area contributed by atoms with Gasteiger partial charge in [0, 0.05) is 33.9 Å². The van der Waals surface area contributed by atoms with Gasteiger partial charge in [0.25, 0.3) is 0 Å². The first kappa shape index (κ1) is 20.7. The monoisotopic (exact) mass is 469 g/mol. The van der Waals surface area contributed by atoms with Crippen LogP contribution in [0.25, 0.3) is 22.4 Å². The van der Waals surface area contributed by atoms with Gasteiger partial charge < -0.3 is 9.72 Å². The van der Waals surface area contributed by atoms with Crippen LogP contribution in [0.2, 0.25) is 10.0 Å². The fraction of sp³-hybridized carbons (Fsp3) is 0.250. The zero-order valence-corrected chi connectivity index (χ0v) is 19.1. The molecule has 0 atom stereocenters. The summed E-state index contributed by atoms with van der Waals surface area (Å²) in [6.07, 6.45) is 9.82. The first-order valence-corrected chi connectivity index (χ1v) is 12.0. The number of hydrogen-bond donors (Lipinski definition) is 1. The van der Waals surface area contributed by atoms with Gasteiger partial charge in [-0.1, -0.05) is 41.4 Å². The lowest BCUT2D eigenvalue weighted by atomic mass is 9.98. The van der Waals surface area contributed by atoms with Crippen LogP contribution in [0.15, 0.2) is 64.6 Å². The highest BCUT2D eigenvalue weighted by Gasteiger charge is 2.19. The first-order valence-electron chi connectivity index (χ1n) is 10.4. The average Bonchev–Trinajstić information content (AvgIpc) is 3.18. The van der Waals surface area contributed by atoms with Crippen molar-refractivity contribution in [2.24, 2.45) is 0 Å². The van der Waals surface area contributed by atoms with Gasteiger partial charge in [0.1, 0.15) is 11.6 Å². The van der Waals surface area contributed by atoms with Crippen molar-refractivity contribution in [2.45, 2.75) is 48.0 Å². The predicted octanol–water partition coefficient (Wildman–Crippen LogP) is 7.79. The molecule has 5 rings (SSSR count). The third-order valence-corrected chi connectivity index (χ3v) is 7.05. The van der Waals surface area contributed by atoms with Gasteiger partial charge >= 0.3 is 0 Å². The number of pyridine rings is 1. The lowest BCUT2D eigenvalue weighted by molar-refractivity contribution is 0.151. The Balaban J connectivity index is 1.55. The van der Waals surface area contributed by atoms with Gasteiger partial charge in [-0.15, -0.1) is 0 Å². The quantitative estimate of drug-likeness (QED) is 0.323. The van der Waals surface area contributed by atoms with E-state index in [1.54, 1.807) is 30.2 Å². The van der Waals surface area contributed by atoms with E-state index in [-0.39, 0.29) is 6.10 Å². The molecule has 2 heterocycles. The fourth-order valence-electron chi connectivity index (χ4n) is 3.89. The van der Waals surface area contributed by atoms with Crippen molar-refractivity contribution in [3.8, 4) is 17.1 Å². The van der Waals surface area contributed by atoms with E-state index in [1.165, 1.54) is 19.3 Å². The molecule has 1 fully saturated rings. The van der Waals surface area contributed by atoms with Crippen molar-refractivity contribution in [3.05, 3.63) is 64.9 Å². The van der Waals surface area contributed by atoms with E-state index in [9.17, 15) is 0 Å². The highest BCUT2D eigenvalue weighted by molar-refractivity contribution is 7.99. The Morgan fingerprint density at radius 3 is 2.55 bits per heavy atom. The van der Waals surface area contributed by atoms with Gasteiger partial charge in [0.15, 0.2) is 0 Å². The number of hydrogen-bond acceptors (Lipinski definition) is 4. The van der Waals surface area contributed by atoms with E-state index < -0.39 is 0 Å². The zero-order chi connectivity index (χ0) is 21.2. The molecule has 158 valence electrons. The van der Waals surface area contributed by atoms with Crippen molar-refractivity contribution in [3.63, 3.8) is 0 Å². The minimum atomic E-state index is 0.260. The molecule has 2 aromatic carbocycles. The number of fused-ring (bicyclic) bond motifs is 1. The molecule has 0 aliphatic heterocycles. The van der Waals surface area contributed by atoms with Crippen LogP contribution < -0.4 is 4.74 Å². The summed E-state index contributed by atoms with van der Waals surface area (Å²) in [6.45, 7) is 0. The van der Waals surface area contributed by atoms with Gasteiger partial charge in [0.2, 0.25) is 0 Å². The second-order valence-corrected chi connectivity index (χ2v) is 9.65. The smallest absolute Gasteiger partial charge is 0.140 e. The Labute approximate surface area is 195 Å².